The van der Waals surface area contributed by atoms with Gasteiger partial charge in [-0.1, -0.05) is 11.8 Å². The van der Waals surface area contributed by atoms with Gasteiger partial charge in [0.15, 0.2) is 5.17 Å². The van der Waals surface area contributed by atoms with Gasteiger partial charge in [-0.15, -0.1) is 0 Å². The van der Waals surface area contributed by atoms with Crippen LogP contribution in [0.4, 0.5) is 5.69 Å². The van der Waals surface area contributed by atoms with Crippen LogP contribution in [0.5, 0.6) is 5.75 Å². The molecule has 0 saturated carbocycles. The van der Waals surface area contributed by atoms with Gasteiger partial charge >= 0.3 is 0 Å². The molecule has 0 bridgehead atoms. The predicted molar refractivity (Wildman–Crippen MR) is 69.8 cm³/mol. The maximum Gasteiger partial charge on any atom is 0.164 e. The SMILES string of the molecule is CCN1CCSC1=Nc1ccc(OC)cc1. The Morgan fingerprint density at radius 1 is 1.38 bits per heavy atom. The Hall–Kier alpha value is -1.16. The Morgan fingerprint density at radius 2 is 2.12 bits per heavy atom. The smallest absolute Gasteiger partial charge is 0.164 e. The second-order valence-electron chi connectivity index (χ2n) is 3.52. The Balaban J connectivity index is 2.15. The van der Waals surface area contributed by atoms with Gasteiger partial charge in [0, 0.05) is 18.8 Å². The summed E-state index contributed by atoms with van der Waals surface area (Å²) in [5, 5.41) is 1.13. The molecule has 0 radical (unpaired) electrons. The van der Waals surface area contributed by atoms with Gasteiger partial charge in [-0.25, -0.2) is 4.99 Å². The van der Waals surface area contributed by atoms with E-state index in [2.05, 4.69) is 16.8 Å². The van der Waals surface area contributed by atoms with Crippen LogP contribution in [0.15, 0.2) is 29.3 Å². The third-order valence-electron chi connectivity index (χ3n) is 2.54. The summed E-state index contributed by atoms with van der Waals surface area (Å²) in [6, 6.07) is 7.85. The number of amidine groups is 1. The van der Waals surface area contributed by atoms with E-state index >= 15 is 0 Å². The zero-order valence-electron chi connectivity index (χ0n) is 9.64. The number of hydrogen-bond acceptors (Lipinski definition) is 3. The second-order valence-corrected chi connectivity index (χ2v) is 4.58. The fraction of sp³-hybridized carbons (Fsp3) is 0.417. The summed E-state index contributed by atoms with van der Waals surface area (Å²) in [7, 11) is 1.67. The first-order chi connectivity index (χ1) is 7.83. The lowest BCUT2D eigenvalue weighted by Gasteiger charge is -2.14. The molecule has 16 heavy (non-hydrogen) atoms. The van der Waals surface area contributed by atoms with Gasteiger partial charge in [-0.3, -0.25) is 0 Å². The third kappa shape index (κ3) is 2.50. The molecule has 0 N–H and O–H groups in total. The van der Waals surface area contributed by atoms with Crippen molar-refractivity contribution in [2.75, 3.05) is 26.0 Å². The molecule has 0 atom stereocenters. The monoisotopic (exact) mass is 236 g/mol. The lowest BCUT2D eigenvalue weighted by Crippen LogP contribution is -2.23. The van der Waals surface area contributed by atoms with Crippen LogP contribution in [0, 0.1) is 0 Å². The van der Waals surface area contributed by atoms with Gasteiger partial charge < -0.3 is 9.64 Å². The molecule has 1 fully saturated rings. The maximum atomic E-state index is 5.12. The normalized spacial score (nSPS) is 18.1. The molecule has 0 amide bonds. The Bertz CT molecular complexity index is 375. The highest BCUT2D eigenvalue weighted by Gasteiger charge is 2.17. The van der Waals surface area contributed by atoms with Gasteiger partial charge in [-0.2, -0.15) is 0 Å². The number of aliphatic imine (C=N–C) groups is 1. The van der Waals surface area contributed by atoms with Gasteiger partial charge in [0.2, 0.25) is 0 Å². The number of thioether (sulfide) groups is 1. The highest BCUT2D eigenvalue weighted by atomic mass is 32.2. The quantitative estimate of drug-likeness (QED) is 0.806. The largest absolute Gasteiger partial charge is 0.497 e. The molecule has 4 heteroatoms. The number of hydrogen-bond donors (Lipinski definition) is 0. The minimum absolute atomic E-state index is 0.871. The van der Waals surface area contributed by atoms with Gasteiger partial charge in [0.1, 0.15) is 5.75 Å². The highest BCUT2D eigenvalue weighted by Crippen LogP contribution is 2.23. The van der Waals surface area contributed by atoms with E-state index in [1.165, 1.54) is 0 Å². The average molecular weight is 236 g/mol. The van der Waals surface area contributed by atoms with E-state index in [-0.39, 0.29) is 0 Å². The van der Waals surface area contributed by atoms with Crippen LogP contribution in [0.25, 0.3) is 0 Å². The third-order valence-corrected chi connectivity index (χ3v) is 3.54. The van der Waals surface area contributed by atoms with Crippen LogP contribution in [-0.4, -0.2) is 36.0 Å². The Labute approximate surface area is 101 Å². The standard InChI is InChI=1S/C12H16N2OS/c1-3-14-8-9-16-12(14)13-10-4-6-11(15-2)7-5-10/h4-7H,3,8-9H2,1-2H3. The summed E-state index contributed by atoms with van der Waals surface area (Å²) < 4.78 is 5.12. The molecule has 1 aromatic carbocycles. The molecule has 1 aromatic rings. The highest BCUT2D eigenvalue weighted by molar-refractivity contribution is 8.14. The lowest BCUT2D eigenvalue weighted by molar-refractivity contribution is 0.415. The average Bonchev–Trinajstić information content (AvgIpc) is 2.77. The first-order valence-corrected chi connectivity index (χ1v) is 6.42. The summed E-state index contributed by atoms with van der Waals surface area (Å²) in [5.74, 6) is 2.01. The lowest BCUT2D eigenvalue weighted by atomic mass is 10.3. The minimum atomic E-state index is 0.871. The molecule has 0 unspecified atom stereocenters. The van der Waals surface area contributed by atoms with E-state index in [1.54, 1.807) is 7.11 Å². The van der Waals surface area contributed by atoms with E-state index in [9.17, 15) is 0 Å². The molecule has 2 rings (SSSR count). The van der Waals surface area contributed by atoms with Crippen molar-refractivity contribution in [1.82, 2.24) is 4.90 Å². The molecule has 0 aromatic heterocycles. The molecule has 0 aliphatic carbocycles. The van der Waals surface area contributed by atoms with Crippen LogP contribution in [0.2, 0.25) is 0 Å². The zero-order chi connectivity index (χ0) is 11.4. The van der Waals surface area contributed by atoms with Crippen molar-refractivity contribution in [3.63, 3.8) is 0 Å². The topological polar surface area (TPSA) is 24.8 Å². The maximum absolute atomic E-state index is 5.12. The van der Waals surface area contributed by atoms with Crippen molar-refractivity contribution in [3.8, 4) is 5.75 Å². The van der Waals surface area contributed by atoms with E-state index in [4.69, 9.17) is 4.74 Å². The molecule has 0 spiro atoms. The number of ether oxygens (including phenoxy) is 1. The molecule has 1 aliphatic rings. The van der Waals surface area contributed by atoms with Crippen molar-refractivity contribution < 1.29 is 4.74 Å². The van der Waals surface area contributed by atoms with Crippen molar-refractivity contribution in [1.29, 1.82) is 0 Å². The zero-order valence-corrected chi connectivity index (χ0v) is 10.5. The summed E-state index contributed by atoms with van der Waals surface area (Å²) in [5.41, 5.74) is 0.989. The summed E-state index contributed by atoms with van der Waals surface area (Å²) >= 11 is 1.82. The number of rotatable bonds is 3. The molecular weight excluding hydrogens is 220 g/mol. The van der Waals surface area contributed by atoms with Crippen LogP contribution in [-0.2, 0) is 0 Å². The summed E-state index contributed by atoms with van der Waals surface area (Å²) in [6.07, 6.45) is 0. The molecule has 3 nitrogen and oxygen atoms in total. The number of methoxy groups -OCH3 is 1. The first-order valence-electron chi connectivity index (χ1n) is 5.44. The van der Waals surface area contributed by atoms with E-state index < -0.39 is 0 Å². The predicted octanol–water partition coefficient (Wildman–Crippen LogP) is 2.75. The Kier molecular flexibility index (Phi) is 3.72. The van der Waals surface area contributed by atoms with Gasteiger partial charge in [0.25, 0.3) is 0 Å². The van der Waals surface area contributed by atoms with Crippen LogP contribution >= 0.6 is 11.8 Å². The molecular formula is C12H16N2OS. The first kappa shape index (κ1) is 11.3. The van der Waals surface area contributed by atoms with Crippen LogP contribution in [0.1, 0.15) is 6.92 Å². The summed E-state index contributed by atoms with van der Waals surface area (Å²) in [6.45, 7) is 4.30. The van der Waals surface area contributed by atoms with Gasteiger partial charge in [0.05, 0.1) is 12.8 Å². The van der Waals surface area contributed by atoms with Crippen molar-refractivity contribution in [2.24, 2.45) is 4.99 Å². The molecule has 1 heterocycles. The molecule has 86 valence electrons. The van der Waals surface area contributed by atoms with Crippen molar-refractivity contribution in [3.05, 3.63) is 24.3 Å². The fourth-order valence-electron chi connectivity index (χ4n) is 1.60. The van der Waals surface area contributed by atoms with Gasteiger partial charge in [-0.05, 0) is 31.2 Å². The van der Waals surface area contributed by atoms with E-state index in [0.717, 1.165) is 35.4 Å². The fourth-order valence-corrected chi connectivity index (χ4v) is 2.66. The van der Waals surface area contributed by atoms with Crippen LogP contribution in [0.3, 0.4) is 0 Å². The van der Waals surface area contributed by atoms with E-state index in [0.29, 0.717) is 0 Å². The molecule has 1 saturated heterocycles. The van der Waals surface area contributed by atoms with Crippen LogP contribution < -0.4 is 4.74 Å². The van der Waals surface area contributed by atoms with Crippen molar-refractivity contribution in [2.45, 2.75) is 6.92 Å². The van der Waals surface area contributed by atoms with E-state index in [1.807, 2.05) is 36.0 Å². The number of nitrogens with zero attached hydrogens (tertiary/aromatic N) is 2. The Morgan fingerprint density at radius 3 is 2.75 bits per heavy atom. The molecule has 1 aliphatic heterocycles. The minimum Gasteiger partial charge on any atom is -0.497 e. The number of benzene rings is 1. The summed E-state index contributed by atoms with van der Waals surface area (Å²) in [4.78, 5) is 6.94. The van der Waals surface area contributed by atoms with Crippen molar-refractivity contribution >= 4 is 22.6 Å². The second kappa shape index (κ2) is 5.25.